The highest BCUT2D eigenvalue weighted by atomic mass is 16.7. The molecule has 1 aliphatic carbocycles. The minimum absolute atomic E-state index is 0.708. The smallest absolute Gasteiger partial charge is 0.0575 e. The zero-order chi connectivity index (χ0) is 5.98. The van der Waals surface area contributed by atoms with E-state index in [2.05, 4.69) is 0 Å². The lowest BCUT2D eigenvalue weighted by Gasteiger charge is -2.32. The van der Waals surface area contributed by atoms with Gasteiger partial charge in [-0.25, -0.2) is 0 Å². The summed E-state index contributed by atoms with van der Waals surface area (Å²) in [6.07, 6.45) is 3.99. The Labute approximate surface area is 50.4 Å². The van der Waals surface area contributed by atoms with E-state index >= 15 is 0 Å². The van der Waals surface area contributed by atoms with Gasteiger partial charge < -0.3 is 4.84 Å². The van der Waals surface area contributed by atoms with Crippen LogP contribution in [0.5, 0.6) is 0 Å². The van der Waals surface area contributed by atoms with Crippen molar-refractivity contribution in [1.82, 2.24) is 5.06 Å². The second-order valence-electron chi connectivity index (χ2n) is 2.31. The maximum absolute atomic E-state index is 4.99. The standard InChI is InChI=1S/C6H13NO/c1-7(8-2)6-4-3-5-6/h6H,3-5H2,1-2H3. The van der Waals surface area contributed by atoms with Crippen LogP contribution < -0.4 is 0 Å². The Morgan fingerprint density at radius 3 is 2.25 bits per heavy atom. The van der Waals surface area contributed by atoms with Gasteiger partial charge in [0.2, 0.25) is 0 Å². The Morgan fingerprint density at radius 1 is 1.50 bits per heavy atom. The van der Waals surface area contributed by atoms with Crippen LogP contribution in [0.2, 0.25) is 0 Å². The Morgan fingerprint density at radius 2 is 2.12 bits per heavy atom. The molecule has 0 spiro atoms. The summed E-state index contributed by atoms with van der Waals surface area (Å²) in [6, 6.07) is 0.708. The van der Waals surface area contributed by atoms with Crippen LogP contribution >= 0.6 is 0 Å². The van der Waals surface area contributed by atoms with Crippen LogP contribution in [-0.4, -0.2) is 25.3 Å². The zero-order valence-corrected chi connectivity index (χ0v) is 5.55. The van der Waals surface area contributed by atoms with E-state index in [1.54, 1.807) is 7.11 Å². The summed E-state index contributed by atoms with van der Waals surface area (Å²) in [6.45, 7) is 0. The molecule has 1 aliphatic rings. The normalized spacial score (nSPS) is 21.4. The van der Waals surface area contributed by atoms with Crippen LogP contribution in [-0.2, 0) is 4.84 Å². The van der Waals surface area contributed by atoms with E-state index < -0.39 is 0 Å². The average Bonchev–Trinajstić information content (AvgIpc) is 1.62. The first kappa shape index (κ1) is 6.05. The monoisotopic (exact) mass is 115 g/mol. The lowest BCUT2D eigenvalue weighted by Crippen LogP contribution is -2.36. The SMILES string of the molecule is CON(C)C1CCC1. The van der Waals surface area contributed by atoms with Gasteiger partial charge in [-0.1, -0.05) is 6.42 Å². The predicted octanol–water partition coefficient (Wildman–Crippen LogP) is 1.03. The number of hydroxylamine groups is 2. The van der Waals surface area contributed by atoms with E-state index in [9.17, 15) is 0 Å². The van der Waals surface area contributed by atoms with Crippen molar-refractivity contribution in [3.63, 3.8) is 0 Å². The minimum atomic E-state index is 0.708. The number of hydrogen-bond donors (Lipinski definition) is 0. The second kappa shape index (κ2) is 2.46. The van der Waals surface area contributed by atoms with Gasteiger partial charge in [-0.05, 0) is 12.8 Å². The fraction of sp³-hybridized carbons (Fsp3) is 1.00. The first-order chi connectivity index (χ1) is 3.84. The van der Waals surface area contributed by atoms with Gasteiger partial charge in [0.25, 0.3) is 0 Å². The Kier molecular flexibility index (Phi) is 1.86. The summed E-state index contributed by atoms with van der Waals surface area (Å²) in [5.41, 5.74) is 0. The Balaban J connectivity index is 2.13. The van der Waals surface area contributed by atoms with Crippen molar-refractivity contribution in [2.75, 3.05) is 14.2 Å². The van der Waals surface area contributed by atoms with Crippen molar-refractivity contribution in [2.45, 2.75) is 25.3 Å². The molecule has 0 amide bonds. The molecular formula is C6H13NO. The molecule has 1 saturated carbocycles. The molecule has 1 rings (SSSR count). The molecular weight excluding hydrogens is 102 g/mol. The molecule has 0 saturated heterocycles. The molecule has 0 aromatic carbocycles. The second-order valence-corrected chi connectivity index (χ2v) is 2.31. The van der Waals surface area contributed by atoms with Crippen molar-refractivity contribution in [3.8, 4) is 0 Å². The highest BCUT2D eigenvalue weighted by molar-refractivity contribution is 4.73. The molecule has 0 aliphatic heterocycles. The average molecular weight is 115 g/mol. The van der Waals surface area contributed by atoms with Crippen LogP contribution in [0.3, 0.4) is 0 Å². The lowest BCUT2D eigenvalue weighted by atomic mass is 9.93. The van der Waals surface area contributed by atoms with Gasteiger partial charge in [0, 0.05) is 13.1 Å². The third-order valence-electron chi connectivity index (χ3n) is 1.88. The van der Waals surface area contributed by atoms with Gasteiger partial charge in [0.05, 0.1) is 7.11 Å². The van der Waals surface area contributed by atoms with Crippen LogP contribution in [0.1, 0.15) is 19.3 Å². The fourth-order valence-corrected chi connectivity index (χ4v) is 0.899. The first-order valence-corrected chi connectivity index (χ1v) is 3.11. The third kappa shape index (κ3) is 1.01. The Hall–Kier alpha value is -0.0800. The van der Waals surface area contributed by atoms with E-state index in [-0.39, 0.29) is 0 Å². The van der Waals surface area contributed by atoms with Crippen LogP contribution in [0.4, 0.5) is 0 Å². The molecule has 8 heavy (non-hydrogen) atoms. The van der Waals surface area contributed by atoms with E-state index in [1.165, 1.54) is 19.3 Å². The van der Waals surface area contributed by atoms with Crippen LogP contribution in [0.15, 0.2) is 0 Å². The van der Waals surface area contributed by atoms with Gasteiger partial charge in [-0.15, -0.1) is 0 Å². The van der Waals surface area contributed by atoms with Crippen molar-refractivity contribution < 1.29 is 4.84 Å². The maximum atomic E-state index is 4.99. The summed E-state index contributed by atoms with van der Waals surface area (Å²) in [5.74, 6) is 0. The number of nitrogens with zero attached hydrogens (tertiary/aromatic N) is 1. The van der Waals surface area contributed by atoms with Crippen LogP contribution in [0, 0.1) is 0 Å². The van der Waals surface area contributed by atoms with Crippen molar-refractivity contribution >= 4 is 0 Å². The van der Waals surface area contributed by atoms with E-state index in [4.69, 9.17) is 4.84 Å². The van der Waals surface area contributed by atoms with Gasteiger partial charge in [0.1, 0.15) is 0 Å². The van der Waals surface area contributed by atoms with Gasteiger partial charge in [0.15, 0.2) is 0 Å². The maximum Gasteiger partial charge on any atom is 0.0575 e. The molecule has 2 nitrogen and oxygen atoms in total. The zero-order valence-electron chi connectivity index (χ0n) is 5.55. The molecule has 2 heteroatoms. The van der Waals surface area contributed by atoms with Crippen molar-refractivity contribution in [1.29, 1.82) is 0 Å². The lowest BCUT2D eigenvalue weighted by molar-refractivity contribution is -0.158. The van der Waals surface area contributed by atoms with E-state index in [0.29, 0.717) is 6.04 Å². The summed E-state index contributed by atoms with van der Waals surface area (Å²) >= 11 is 0. The van der Waals surface area contributed by atoms with Crippen molar-refractivity contribution in [3.05, 3.63) is 0 Å². The Bertz CT molecular complexity index is 68.2. The van der Waals surface area contributed by atoms with Crippen LogP contribution in [0.25, 0.3) is 0 Å². The highest BCUT2D eigenvalue weighted by Crippen LogP contribution is 2.22. The number of rotatable bonds is 2. The summed E-state index contributed by atoms with van der Waals surface area (Å²) < 4.78 is 0. The summed E-state index contributed by atoms with van der Waals surface area (Å²) in [7, 11) is 3.71. The van der Waals surface area contributed by atoms with E-state index in [0.717, 1.165) is 0 Å². The van der Waals surface area contributed by atoms with Crippen molar-refractivity contribution in [2.24, 2.45) is 0 Å². The molecule has 0 atom stereocenters. The predicted molar refractivity (Wildman–Crippen MR) is 32.4 cm³/mol. The third-order valence-corrected chi connectivity index (χ3v) is 1.88. The molecule has 0 aromatic rings. The molecule has 1 fully saturated rings. The fourth-order valence-electron chi connectivity index (χ4n) is 0.899. The summed E-state index contributed by atoms with van der Waals surface area (Å²) in [4.78, 5) is 4.99. The highest BCUT2D eigenvalue weighted by Gasteiger charge is 2.21. The number of hydrogen-bond acceptors (Lipinski definition) is 2. The van der Waals surface area contributed by atoms with E-state index in [1.807, 2.05) is 12.1 Å². The minimum Gasteiger partial charge on any atom is -0.302 e. The quantitative estimate of drug-likeness (QED) is 0.498. The van der Waals surface area contributed by atoms with Gasteiger partial charge >= 0.3 is 0 Å². The molecule has 0 aromatic heterocycles. The largest absolute Gasteiger partial charge is 0.302 e. The van der Waals surface area contributed by atoms with Gasteiger partial charge in [-0.2, -0.15) is 5.06 Å². The first-order valence-electron chi connectivity index (χ1n) is 3.11. The molecule has 0 unspecified atom stereocenters. The molecule has 0 N–H and O–H groups in total. The molecule has 0 bridgehead atoms. The molecule has 0 radical (unpaired) electrons. The molecule has 0 heterocycles. The van der Waals surface area contributed by atoms with Gasteiger partial charge in [-0.3, -0.25) is 0 Å². The summed E-state index contributed by atoms with van der Waals surface area (Å²) in [5, 5.41) is 1.93. The molecule has 48 valence electrons. The topological polar surface area (TPSA) is 12.5 Å².